The van der Waals surface area contributed by atoms with Crippen LogP contribution in [0.2, 0.25) is 0 Å². The first-order chi connectivity index (χ1) is 8.35. The van der Waals surface area contributed by atoms with Gasteiger partial charge in [0.1, 0.15) is 0 Å². The number of carbonyl (C=O) groups is 1. The summed E-state index contributed by atoms with van der Waals surface area (Å²) < 4.78 is 75.6. The lowest BCUT2D eigenvalue weighted by atomic mass is 9.91. The number of carboxylic acid groups (broad SMARTS) is 1. The van der Waals surface area contributed by atoms with Gasteiger partial charge in [-0.15, -0.1) is 0 Å². The zero-order valence-electron chi connectivity index (χ0n) is 7.93. The molecule has 1 rings (SSSR count). The van der Waals surface area contributed by atoms with Crippen molar-refractivity contribution in [2.24, 2.45) is 0 Å². The van der Waals surface area contributed by atoms with Crippen LogP contribution in [0, 0.1) is 0 Å². The van der Waals surface area contributed by atoms with E-state index in [9.17, 15) is 31.5 Å². The molecule has 1 aliphatic carbocycles. The van der Waals surface area contributed by atoms with Gasteiger partial charge in [0.05, 0.1) is 0 Å². The third-order valence-electron chi connectivity index (χ3n) is 2.08. The first kappa shape index (κ1) is 14.0. The first-order valence-electron chi connectivity index (χ1n) is 3.93. The zero-order chi connectivity index (χ0) is 14.1. The molecule has 0 fully saturated rings. The van der Waals surface area contributed by atoms with Crippen molar-refractivity contribution in [3.05, 3.63) is 23.1 Å². The molecule has 0 radical (unpaired) electrons. The summed E-state index contributed by atoms with van der Waals surface area (Å²) in [5, 5.41) is 8.32. The summed E-state index contributed by atoms with van der Waals surface area (Å²) in [6.45, 7) is 0. The van der Waals surface area contributed by atoms with E-state index in [2.05, 4.69) is 14.8 Å². The number of carboxylic acids is 1. The Bertz CT molecular complexity index is 434. The molecule has 0 aromatic carbocycles. The van der Waals surface area contributed by atoms with Crippen LogP contribution < -0.4 is 0 Å². The van der Waals surface area contributed by atoms with E-state index in [4.69, 9.17) is 5.11 Å². The van der Waals surface area contributed by atoms with Gasteiger partial charge in [-0.25, -0.2) is 18.0 Å². The molecule has 2 unspecified atom stereocenters. The van der Waals surface area contributed by atoms with Crippen LogP contribution in [-0.4, -0.2) is 22.9 Å². The second-order valence-electron chi connectivity index (χ2n) is 2.95. The van der Waals surface area contributed by atoms with E-state index < -0.39 is 40.9 Å². The van der Waals surface area contributed by atoms with Gasteiger partial charge < -0.3 is 5.11 Å². The van der Waals surface area contributed by atoms with Crippen LogP contribution in [0.3, 0.4) is 0 Å². The average molecular weight is 280 g/mol. The molecule has 102 valence electrons. The summed E-state index contributed by atoms with van der Waals surface area (Å²) in [6.07, 6.45) is -3.66. The zero-order valence-corrected chi connectivity index (χ0v) is 7.93. The quantitative estimate of drug-likeness (QED) is 0.800. The Balaban J connectivity index is 3.56. The number of aliphatic carboxylic acids is 1. The highest BCUT2D eigenvalue weighted by atomic mass is 19.3. The van der Waals surface area contributed by atoms with Crippen molar-refractivity contribution in [3.63, 3.8) is 0 Å². The van der Waals surface area contributed by atoms with Gasteiger partial charge in [0, 0.05) is 13.6 Å². The van der Waals surface area contributed by atoms with Crippen LogP contribution >= 0.6 is 0 Å². The molecule has 18 heavy (non-hydrogen) atoms. The molecule has 0 heterocycles. The largest absolute Gasteiger partial charge is 0.478 e. The second kappa shape index (κ2) is 4.66. The maximum atomic E-state index is 13.6. The molecule has 0 bridgehead atoms. The molecule has 5 nitrogen and oxygen atoms in total. The van der Waals surface area contributed by atoms with Crippen molar-refractivity contribution < 1.29 is 51.5 Å². The van der Waals surface area contributed by atoms with Crippen LogP contribution in [0.1, 0.15) is 0 Å². The highest BCUT2D eigenvalue weighted by Gasteiger charge is 2.62. The molecular formula is C7H2F6O5. The smallest absolute Gasteiger partial charge is 0.352 e. The summed E-state index contributed by atoms with van der Waals surface area (Å²) in [4.78, 5) is 18.3. The third-order valence-corrected chi connectivity index (χ3v) is 2.08. The van der Waals surface area contributed by atoms with E-state index in [0.717, 1.165) is 0 Å². The first-order valence-corrected chi connectivity index (χ1v) is 3.93. The van der Waals surface area contributed by atoms with Gasteiger partial charge in [-0.2, -0.15) is 0 Å². The molecule has 0 saturated heterocycles. The highest BCUT2D eigenvalue weighted by Crippen LogP contribution is 2.44. The molecule has 2 atom stereocenters. The second-order valence-corrected chi connectivity index (χ2v) is 2.95. The highest BCUT2D eigenvalue weighted by molar-refractivity contribution is 5.83. The minimum absolute atomic E-state index is 1.94. The van der Waals surface area contributed by atoms with Gasteiger partial charge in [-0.05, 0) is 0 Å². The third kappa shape index (κ3) is 1.62. The summed E-state index contributed by atoms with van der Waals surface area (Å²) in [5.41, 5.74) is -4.55. The van der Waals surface area contributed by atoms with Gasteiger partial charge in [0.2, 0.25) is 17.8 Å². The fraction of sp³-hybridized carbons (Fsp3) is 0.286. The Morgan fingerprint density at radius 1 is 1.17 bits per heavy atom. The van der Waals surface area contributed by atoms with Crippen LogP contribution in [0.5, 0.6) is 0 Å². The molecule has 0 aromatic heterocycles. The van der Waals surface area contributed by atoms with E-state index in [1.807, 2.05) is 0 Å². The van der Waals surface area contributed by atoms with E-state index in [0.29, 0.717) is 0 Å². The summed E-state index contributed by atoms with van der Waals surface area (Å²) in [5.74, 6) is -11.6. The summed E-state index contributed by atoms with van der Waals surface area (Å²) in [6, 6.07) is 0. The Hall–Kier alpha value is -2.07. The van der Waals surface area contributed by atoms with Crippen molar-refractivity contribution in [2.45, 2.75) is 11.8 Å². The van der Waals surface area contributed by atoms with Crippen molar-refractivity contribution in [2.75, 3.05) is 0 Å². The average Bonchev–Trinajstić information content (AvgIpc) is 2.35. The fourth-order valence-electron chi connectivity index (χ4n) is 1.20. The van der Waals surface area contributed by atoms with Gasteiger partial charge in [0.15, 0.2) is 0 Å². The van der Waals surface area contributed by atoms with E-state index in [-0.39, 0.29) is 0 Å². The fourth-order valence-corrected chi connectivity index (χ4v) is 1.20. The lowest BCUT2D eigenvalue weighted by molar-refractivity contribution is -0.178. The van der Waals surface area contributed by atoms with Gasteiger partial charge in [-0.3, -0.25) is 14.8 Å². The predicted octanol–water partition coefficient (Wildman–Crippen LogP) is 2.23. The Morgan fingerprint density at radius 3 is 2.00 bits per heavy atom. The minimum Gasteiger partial charge on any atom is -0.478 e. The molecule has 0 amide bonds. The predicted molar refractivity (Wildman–Crippen MR) is 38.1 cm³/mol. The number of hydrogen-bond donors (Lipinski definition) is 1. The maximum Gasteiger partial charge on any atom is 0.352 e. The van der Waals surface area contributed by atoms with Gasteiger partial charge in [0.25, 0.3) is 17.2 Å². The molecule has 1 N–H and O–H groups in total. The normalized spacial score (nSPS) is 28.2. The van der Waals surface area contributed by atoms with Crippen molar-refractivity contribution in [1.29, 1.82) is 0 Å². The Kier molecular flexibility index (Phi) is 3.62. The lowest BCUT2D eigenvalue weighted by Crippen LogP contribution is -2.48. The summed E-state index contributed by atoms with van der Waals surface area (Å²) >= 11 is 0. The molecule has 0 spiro atoms. The molecule has 0 saturated carbocycles. The topological polar surface area (TPSA) is 65.0 Å². The van der Waals surface area contributed by atoms with Crippen LogP contribution in [0.25, 0.3) is 0 Å². The van der Waals surface area contributed by atoms with E-state index >= 15 is 0 Å². The molecule has 0 aromatic rings. The number of halogens is 6. The van der Waals surface area contributed by atoms with Crippen molar-refractivity contribution in [3.8, 4) is 0 Å². The number of rotatable bonds is 4. The standard InChI is InChI=1S/C7H2F6O5/c8-4-2(17-12)1(16-11)3(18-13)5(9)7(4,10)6(14)15/h4H,(H,14,15). The van der Waals surface area contributed by atoms with Crippen LogP contribution in [0.15, 0.2) is 23.1 Å². The van der Waals surface area contributed by atoms with E-state index in [1.165, 1.54) is 0 Å². The monoisotopic (exact) mass is 280 g/mol. The number of hydrogen-bond acceptors (Lipinski definition) is 4. The van der Waals surface area contributed by atoms with Gasteiger partial charge >= 0.3 is 5.97 Å². The SMILES string of the molecule is O=C(O)C1(F)C(F)=C(OF)C(OF)=C(OF)C1F. The van der Waals surface area contributed by atoms with E-state index in [1.54, 1.807) is 0 Å². The van der Waals surface area contributed by atoms with Crippen molar-refractivity contribution in [1.82, 2.24) is 0 Å². The van der Waals surface area contributed by atoms with Crippen LogP contribution in [0.4, 0.5) is 26.7 Å². The van der Waals surface area contributed by atoms with Gasteiger partial charge in [-0.1, -0.05) is 0 Å². The minimum atomic E-state index is -4.55. The maximum absolute atomic E-state index is 13.6. The number of allylic oxidation sites excluding steroid dienone is 1. The molecular weight excluding hydrogens is 278 g/mol. The Labute approximate surface area is 93.5 Å². The van der Waals surface area contributed by atoms with Crippen molar-refractivity contribution >= 4 is 5.97 Å². The molecule has 0 aliphatic heterocycles. The lowest BCUT2D eigenvalue weighted by Gasteiger charge is -2.27. The summed E-state index contributed by atoms with van der Waals surface area (Å²) in [7, 11) is 0. The number of alkyl halides is 2. The van der Waals surface area contributed by atoms with Crippen LogP contribution in [-0.2, 0) is 19.6 Å². The Morgan fingerprint density at radius 2 is 1.67 bits per heavy atom. The molecule has 1 aliphatic rings. The molecule has 11 heteroatoms.